The molecular weight excluding hydrogens is 178 g/mol. The third kappa shape index (κ3) is 1.56. The van der Waals surface area contributed by atoms with Gasteiger partial charge in [-0.3, -0.25) is 0 Å². The lowest BCUT2D eigenvalue weighted by molar-refractivity contribution is 0.175. The van der Waals surface area contributed by atoms with E-state index in [1.807, 2.05) is 22.8 Å². The second-order valence-corrected chi connectivity index (χ2v) is 3.49. The standard InChI is InChI=1S/C10H13N3O/c1-7(14)5-13-6-12-9-4-8(11)2-3-10(9)13/h2-4,6-7,14H,5,11H2,1H3. The topological polar surface area (TPSA) is 64.1 Å². The van der Waals surface area contributed by atoms with Crippen molar-refractivity contribution in [1.29, 1.82) is 0 Å². The molecule has 1 heterocycles. The van der Waals surface area contributed by atoms with E-state index in [0.29, 0.717) is 12.2 Å². The van der Waals surface area contributed by atoms with Crippen molar-refractivity contribution in [3.05, 3.63) is 24.5 Å². The molecule has 1 aromatic carbocycles. The molecule has 14 heavy (non-hydrogen) atoms. The van der Waals surface area contributed by atoms with Gasteiger partial charge in [0.1, 0.15) is 0 Å². The average molecular weight is 191 g/mol. The number of benzene rings is 1. The fourth-order valence-electron chi connectivity index (χ4n) is 1.51. The summed E-state index contributed by atoms with van der Waals surface area (Å²) in [6.07, 6.45) is 1.35. The van der Waals surface area contributed by atoms with E-state index in [0.717, 1.165) is 11.0 Å². The minimum Gasteiger partial charge on any atom is -0.399 e. The Hall–Kier alpha value is -1.55. The maximum Gasteiger partial charge on any atom is 0.0959 e. The van der Waals surface area contributed by atoms with Crippen molar-refractivity contribution in [2.75, 3.05) is 5.73 Å². The number of nitrogen functional groups attached to an aromatic ring is 1. The molecule has 74 valence electrons. The normalized spacial score (nSPS) is 13.3. The molecule has 0 saturated carbocycles. The zero-order valence-corrected chi connectivity index (χ0v) is 8.01. The molecule has 3 N–H and O–H groups in total. The fraction of sp³-hybridized carbons (Fsp3) is 0.300. The number of aliphatic hydroxyl groups excluding tert-OH is 1. The van der Waals surface area contributed by atoms with Crippen LogP contribution in [0.4, 0.5) is 5.69 Å². The van der Waals surface area contributed by atoms with Crippen LogP contribution in [0.25, 0.3) is 11.0 Å². The quantitative estimate of drug-likeness (QED) is 0.696. The summed E-state index contributed by atoms with van der Waals surface area (Å²) in [5.41, 5.74) is 8.21. The van der Waals surface area contributed by atoms with Crippen LogP contribution >= 0.6 is 0 Å². The van der Waals surface area contributed by atoms with Crippen LogP contribution in [0.1, 0.15) is 6.92 Å². The number of nitrogens with two attached hydrogens (primary N) is 1. The fourth-order valence-corrected chi connectivity index (χ4v) is 1.51. The van der Waals surface area contributed by atoms with Crippen LogP contribution in [0.5, 0.6) is 0 Å². The minimum atomic E-state index is -0.370. The van der Waals surface area contributed by atoms with Gasteiger partial charge in [-0.15, -0.1) is 0 Å². The molecule has 1 aromatic heterocycles. The SMILES string of the molecule is CC(O)Cn1cnc2cc(N)ccc21. The summed E-state index contributed by atoms with van der Waals surface area (Å²) in [5, 5.41) is 9.26. The lowest BCUT2D eigenvalue weighted by Crippen LogP contribution is -2.10. The van der Waals surface area contributed by atoms with Gasteiger partial charge in [0, 0.05) is 12.2 Å². The van der Waals surface area contributed by atoms with Crippen molar-refractivity contribution >= 4 is 16.7 Å². The van der Waals surface area contributed by atoms with Crippen LogP contribution in [0, 0.1) is 0 Å². The van der Waals surface area contributed by atoms with Crippen molar-refractivity contribution in [2.24, 2.45) is 0 Å². The van der Waals surface area contributed by atoms with Gasteiger partial charge in [-0.2, -0.15) is 0 Å². The highest BCUT2D eigenvalue weighted by atomic mass is 16.3. The van der Waals surface area contributed by atoms with Gasteiger partial charge in [-0.25, -0.2) is 4.98 Å². The number of aliphatic hydroxyl groups is 1. The van der Waals surface area contributed by atoms with Crippen molar-refractivity contribution in [2.45, 2.75) is 19.6 Å². The summed E-state index contributed by atoms with van der Waals surface area (Å²) in [6, 6.07) is 5.58. The molecule has 2 rings (SSSR count). The number of rotatable bonds is 2. The largest absolute Gasteiger partial charge is 0.399 e. The van der Waals surface area contributed by atoms with Crippen LogP contribution in [0.3, 0.4) is 0 Å². The highest BCUT2D eigenvalue weighted by Crippen LogP contribution is 2.16. The summed E-state index contributed by atoms with van der Waals surface area (Å²) in [7, 11) is 0. The highest BCUT2D eigenvalue weighted by molar-refractivity contribution is 5.78. The van der Waals surface area contributed by atoms with E-state index in [2.05, 4.69) is 4.98 Å². The monoisotopic (exact) mass is 191 g/mol. The Morgan fingerprint density at radius 1 is 1.57 bits per heavy atom. The smallest absolute Gasteiger partial charge is 0.0959 e. The van der Waals surface area contributed by atoms with Crippen molar-refractivity contribution in [3.8, 4) is 0 Å². The minimum absolute atomic E-state index is 0.370. The van der Waals surface area contributed by atoms with Gasteiger partial charge < -0.3 is 15.4 Å². The molecule has 1 atom stereocenters. The number of fused-ring (bicyclic) bond motifs is 1. The molecule has 0 saturated heterocycles. The average Bonchev–Trinajstić information content (AvgIpc) is 2.47. The van der Waals surface area contributed by atoms with Crippen LogP contribution < -0.4 is 5.73 Å². The first kappa shape index (κ1) is 9.02. The molecule has 0 aliphatic heterocycles. The van der Waals surface area contributed by atoms with E-state index in [-0.39, 0.29) is 6.10 Å². The lowest BCUT2D eigenvalue weighted by Gasteiger charge is -2.06. The molecule has 0 amide bonds. The molecule has 4 heteroatoms. The summed E-state index contributed by atoms with van der Waals surface area (Å²) >= 11 is 0. The van der Waals surface area contributed by atoms with Crippen molar-refractivity contribution < 1.29 is 5.11 Å². The zero-order valence-electron chi connectivity index (χ0n) is 8.01. The summed E-state index contributed by atoms with van der Waals surface area (Å²) < 4.78 is 1.92. The summed E-state index contributed by atoms with van der Waals surface area (Å²) in [4.78, 5) is 4.20. The van der Waals surface area contributed by atoms with Crippen LogP contribution in [0.15, 0.2) is 24.5 Å². The Morgan fingerprint density at radius 3 is 3.07 bits per heavy atom. The molecule has 0 radical (unpaired) electrons. The lowest BCUT2D eigenvalue weighted by atomic mass is 10.3. The second-order valence-electron chi connectivity index (χ2n) is 3.49. The molecule has 4 nitrogen and oxygen atoms in total. The van der Waals surface area contributed by atoms with Gasteiger partial charge in [0.15, 0.2) is 0 Å². The number of imidazole rings is 1. The molecule has 0 bridgehead atoms. The van der Waals surface area contributed by atoms with E-state index >= 15 is 0 Å². The molecule has 1 unspecified atom stereocenters. The number of anilines is 1. The van der Waals surface area contributed by atoms with Gasteiger partial charge in [-0.1, -0.05) is 0 Å². The van der Waals surface area contributed by atoms with Crippen LogP contribution in [-0.2, 0) is 6.54 Å². The van der Waals surface area contributed by atoms with Gasteiger partial charge >= 0.3 is 0 Å². The van der Waals surface area contributed by atoms with Crippen molar-refractivity contribution in [3.63, 3.8) is 0 Å². The maximum atomic E-state index is 9.26. The molecule has 0 spiro atoms. The van der Waals surface area contributed by atoms with Gasteiger partial charge in [-0.05, 0) is 25.1 Å². The van der Waals surface area contributed by atoms with E-state index in [9.17, 15) is 5.11 Å². The van der Waals surface area contributed by atoms with Crippen LogP contribution in [0.2, 0.25) is 0 Å². The molecule has 2 aromatic rings. The Kier molecular flexibility index (Phi) is 2.13. The van der Waals surface area contributed by atoms with Gasteiger partial charge in [0.05, 0.1) is 23.5 Å². The van der Waals surface area contributed by atoms with Crippen molar-refractivity contribution in [1.82, 2.24) is 9.55 Å². The number of aromatic nitrogens is 2. The van der Waals surface area contributed by atoms with E-state index in [1.54, 1.807) is 13.3 Å². The maximum absolute atomic E-state index is 9.26. The molecular formula is C10H13N3O. The number of hydrogen-bond acceptors (Lipinski definition) is 3. The predicted molar refractivity (Wildman–Crippen MR) is 55.8 cm³/mol. The second kappa shape index (κ2) is 3.31. The Morgan fingerprint density at radius 2 is 2.36 bits per heavy atom. The van der Waals surface area contributed by atoms with Gasteiger partial charge in [0.25, 0.3) is 0 Å². The molecule has 0 fully saturated rings. The number of hydrogen-bond donors (Lipinski definition) is 2. The predicted octanol–water partition coefficient (Wildman–Crippen LogP) is 0.999. The first-order chi connectivity index (χ1) is 6.66. The van der Waals surface area contributed by atoms with Gasteiger partial charge in [0.2, 0.25) is 0 Å². The summed E-state index contributed by atoms with van der Waals surface area (Å²) in [5.74, 6) is 0. The molecule has 0 aliphatic carbocycles. The van der Waals surface area contributed by atoms with E-state index in [4.69, 9.17) is 5.73 Å². The first-order valence-corrected chi connectivity index (χ1v) is 4.55. The van der Waals surface area contributed by atoms with Crippen LogP contribution in [-0.4, -0.2) is 20.8 Å². The molecule has 0 aliphatic rings. The first-order valence-electron chi connectivity index (χ1n) is 4.55. The number of nitrogens with zero attached hydrogens (tertiary/aromatic N) is 2. The third-order valence-corrected chi connectivity index (χ3v) is 2.11. The Bertz CT molecular complexity index is 448. The zero-order chi connectivity index (χ0) is 10.1. The van der Waals surface area contributed by atoms with E-state index < -0.39 is 0 Å². The Balaban J connectivity index is 2.47. The van der Waals surface area contributed by atoms with E-state index in [1.165, 1.54) is 0 Å². The Labute approximate surface area is 82.0 Å². The third-order valence-electron chi connectivity index (χ3n) is 2.11. The summed E-state index contributed by atoms with van der Waals surface area (Å²) in [6.45, 7) is 2.31. The highest BCUT2D eigenvalue weighted by Gasteiger charge is 2.04.